The summed E-state index contributed by atoms with van der Waals surface area (Å²) in [4.78, 5) is 7.62. The summed E-state index contributed by atoms with van der Waals surface area (Å²) < 4.78 is 38.7. The summed E-state index contributed by atoms with van der Waals surface area (Å²) in [6, 6.07) is 5.25. The third kappa shape index (κ3) is 2.31. The summed E-state index contributed by atoms with van der Waals surface area (Å²) in [5.41, 5.74) is -0.103. The van der Waals surface area contributed by atoms with Crippen LogP contribution in [0.15, 0.2) is 30.6 Å². The van der Waals surface area contributed by atoms with E-state index in [0.29, 0.717) is 5.56 Å². The molecule has 2 rings (SSSR count). The molecule has 0 amide bonds. The van der Waals surface area contributed by atoms with Crippen molar-refractivity contribution in [2.24, 2.45) is 0 Å². The van der Waals surface area contributed by atoms with Crippen molar-refractivity contribution in [2.45, 2.75) is 13.1 Å². The predicted molar refractivity (Wildman–Crippen MR) is 62.2 cm³/mol. The molecule has 0 aliphatic heterocycles. The molecule has 94 valence electrons. The van der Waals surface area contributed by atoms with Gasteiger partial charge < -0.3 is 0 Å². The van der Waals surface area contributed by atoms with E-state index < -0.39 is 11.7 Å². The zero-order valence-electron chi connectivity index (χ0n) is 9.29. The van der Waals surface area contributed by atoms with Crippen LogP contribution >= 0.6 is 11.6 Å². The molecule has 0 atom stereocenters. The van der Waals surface area contributed by atoms with Gasteiger partial charge in [-0.2, -0.15) is 13.2 Å². The Morgan fingerprint density at radius 3 is 2.44 bits per heavy atom. The van der Waals surface area contributed by atoms with E-state index in [9.17, 15) is 13.2 Å². The predicted octanol–water partition coefficient (Wildman–Crippen LogP) is 4.12. The molecule has 1 aromatic heterocycles. The highest BCUT2D eigenvalue weighted by molar-refractivity contribution is 6.30. The van der Waals surface area contributed by atoms with Gasteiger partial charge in [0.1, 0.15) is 11.5 Å². The number of hydrogen-bond donors (Lipinski definition) is 0. The first kappa shape index (κ1) is 12.8. The third-order valence-electron chi connectivity index (χ3n) is 2.51. The summed E-state index contributed by atoms with van der Waals surface area (Å²) >= 11 is 5.80. The highest BCUT2D eigenvalue weighted by atomic mass is 35.5. The van der Waals surface area contributed by atoms with Crippen molar-refractivity contribution in [1.29, 1.82) is 0 Å². The van der Waals surface area contributed by atoms with Crippen molar-refractivity contribution in [3.8, 4) is 11.3 Å². The Hall–Kier alpha value is -1.62. The van der Waals surface area contributed by atoms with Crippen LogP contribution in [0.25, 0.3) is 11.3 Å². The van der Waals surface area contributed by atoms with Gasteiger partial charge in [0.2, 0.25) is 0 Å². The second-order valence-electron chi connectivity index (χ2n) is 3.68. The van der Waals surface area contributed by atoms with Crippen molar-refractivity contribution >= 4 is 11.6 Å². The van der Waals surface area contributed by atoms with Gasteiger partial charge in [-0.15, -0.1) is 0 Å². The monoisotopic (exact) mass is 272 g/mol. The number of hydrogen-bond acceptors (Lipinski definition) is 2. The average Bonchev–Trinajstić information content (AvgIpc) is 2.32. The maximum atomic E-state index is 12.9. The van der Waals surface area contributed by atoms with Gasteiger partial charge in [0, 0.05) is 11.1 Å². The molecular weight excluding hydrogens is 265 g/mol. The van der Waals surface area contributed by atoms with Gasteiger partial charge in [-0.05, 0) is 13.0 Å². The molecule has 0 bridgehead atoms. The van der Waals surface area contributed by atoms with Crippen molar-refractivity contribution in [1.82, 2.24) is 9.97 Å². The topological polar surface area (TPSA) is 25.8 Å². The molecule has 0 saturated heterocycles. The standard InChI is InChI=1S/C12H8ClF3N2/c1-7-10(17-6-18-11(7)13)8-4-2-3-5-9(8)12(14,15)16/h2-6H,1H3. The molecule has 0 fully saturated rings. The molecule has 6 heteroatoms. The lowest BCUT2D eigenvalue weighted by atomic mass is 10.0. The maximum Gasteiger partial charge on any atom is 0.417 e. The van der Waals surface area contributed by atoms with Gasteiger partial charge in [0.15, 0.2) is 0 Å². The summed E-state index contributed by atoms with van der Waals surface area (Å²) in [6.45, 7) is 1.59. The largest absolute Gasteiger partial charge is 0.417 e. The first-order valence-corrected chi connectivity index (χ1v) is 5.42. The van der Waals surface area contributed by atoms with Crippen molar-refractivity contribution in [3.63, 3.8) is 0 Å². The Morgan fingerprint density at radius 2 is 1.78 bits per heavy atom. The fourth-order valence-electron chi connectivity index (χ4n) is 1.64. The van der Waals surface area contributed by atoms with Crippen LogP contribution in [0.4, 0.5) is 13.2 Å². The van der Waals surface area contributed by atoms with Crippen LogP contribution in [0.5, 0.6) is 0 Å². The molecule has 0 N–H and O–H groups in total. The zero-order valence-corrected chi connectivity index (χ0v) is 10.0. The van der Waals surface area contributed by atoms with Crippen LogP contribution < -0.4 is 0 Å². The molecule has 0 aliphatic carbocycles. The lowest BCUT2D eigenvalue weighted by molar-refractivity contribution is -0.137. The molecule has 0 spiro atoms. The lowest BCUT2D eigenvalue weighted by Gasteiger charge is -2.13. The number of aromatic nitrogens is 2. The second-order valence-corrected chi connectivity index (χ2v) is 4.04. The van der Waals surface area contributed by atoms with Gasteiger partial charge >= 0.3 is 6.18 Å². The van der Waals surface area contributed by atoms with E-state index in [1.807, 2.05) is 0 Å². The van der Waals surface area contributed by atoms with E-state index in [1.54, 1.807) is 6.92 Å². The molecule has 0 unspecified atom stereocenters. The van der Waals surface area contributed by atoms with Gasteiger partial charge in [0.25, 0.3) is 0 Å². The first-order valence-electron chi connectivity index (χ1n) is 5.05. The van der Waals surface area contributed by atoms with Crippen molar-refractivity contribution < 1.29 is 13.2 Å². The van der Waals surface area contributed by atoms with Crippen molar-refractivity contribution in [2.75, 3.05) is 0 Å². The fourth-order valence-corrected chi connectivity index (χ4v) is 1.77. The Balaban J connectivity index is 2.69. The Morgan fingerprint density at radius 1 is 1.11 bits per heavy atom. The lowest BCUT2D eigenvalue weighted by Crippen LogP contribution is -2.08. The fraction of sp³-hybridized carbons (Fsp3) is 0.167. The van der Waals surface area contributed by atoms with Crippen LogP contribution in [-0.2, 0) is 6.18 Å². The van der Waals surface area contributed by atoms with Gasteiger partial charge in [0.05, 0.1) is 11.3 Å². The minimum absolute atomic E-state index is 0.00630. The number of benzene rings is 1. The highest BCUT2D eigenvalue weighted by Crippen LogP contribution is 2.37. The van der Waals surface area contributed by atoms with Crippen LogP contribution in [0.2, 0.25) is 5.15 Å². The van der Waals surface area contributed by atoms with E-state index >= 15 is 0 Å². The number of alkyl halides is 3. The summed E-state index contributed by atoms with van der Waals surface area (Å²) in [6.07, 6.45) is -3.28. The van der Waals surface area contributed by atoms with E-state index in [4.69, 9.17) is 11.6 Å². The molecule has 0 radical (unpaired) electrons. The zero-order chi connectivity index (χ0) is 13.3. The SMILES string of the molecule is Cc1c(Cl)ncnc1-c1ccccc1C(F)(F)F. The van der Waals surface area contributed by atoms with E-state index in [0.717, 1.165) is 12.4 Å². The number of halogens is 4. The van der Waals surface area contributed by atoms with Gasteiger partial charge in [-0.25, -0.2) is 9.97 Å². The molecule has 2 aromatic rings. The summed E-state index contributed by atoms with van der Waals surface area (Å²) in [5, 5.41) is 0.150. The van der Waals surface area contributed by atoms with Crippen LogP contribution in [-0.4, -0.2) is 9.97 Å². The maximum absolute atomic E-state index is 12.9. The quantitative estimate of drug-likeness (QED) is 0.730. The number of nitrogens with zero attached hydrogens (tertiary/aromatic N) is 2. The summed E-state index contributed by atoms with van der Waals surface area (Å²) in [7, 11) is 0. The van der Waals surface area contributed by atoms with E-state index in [1.165, 1.54) is 18.2 Å². The van der Waals surface area contributed by atoms with Crippen LogP contribution in [0.3, 0.4) is 0 Å². The molecule has 2 nitrogen and oxygen atoms in total. The van der Waals surface area contributed by atoms with E-state index in [2.05, 4.69) is 9.97 Å². The smallest absolute Gasteiger partial charge is 0.236 e. The van der Waals surface area contributed by atoms with Crippen molar-refractivity contribution in [3.05, 3.63) is 46.9 Å². The third-order valence-corrected chi connectivity index (χ3v) is 2.89. The minimum Gasteiger partial charge on any atom is -0.236 e. The molecule has 1 heterocycles. The van der Waals surface area contributed by atoms with Crippen LogP contribution in [0, 0.1) is 6.92 Å². The second kappa shape index (κ2) is 4.57. The van der Waals surface area contributed by atoms with Crippen LogP contribution in [0.1, 0.15) is 11.1 Å². The first-order chi connectivity index (χ1) is 8.41. The molecule has 0 saturated carbocycles. The highest BCUT2D eigenvalue weighted by Gasteiger charge is 2.34. The minimum atomic E-state index is -4.43. The normalized spacial score (nSPS) is 11.6. The van der Waals surface area contributed by atoms with Gasteiger partial charge in [-0.3, -0.25) is 0 Å². The molecule has 0 aliphatic rings. The molecule has 1 aromatic carbocycles. The Kier molecular flexibility index (Phi) is 3.26. The summed E-state index contributed by atoms with van der Waals surface area (Å²) in [5.74, 6) is 0. The Labute approximate surface area is 106 Å². The van der Waals surface area contributed by atoms with Gasteiger partial charge in [-0.1, -0.05) is 29.8 Å². The average molecular weight is 273 g/mol. The number of rotatable bonds is 1. The van der Waals surface area contributed by atoms with E-state index in [-0.39, 0.29) is 16.4 Å². The molecule has 18 heavy (non-hydrogen) atoms. The molecular formula is C12H8ClF3N2. The Bertz CT molecular complexity index is 582.